The molecule has 0 radical (unpaired) electrons. The minimum absolute atomic E-state index is 0.226. The Morgan fingerprint density at radius 1 is 1.06 bits per heavy atom. The van der Waals surface area contributed by atoms with Crippen molar-refractivity contribution in [2.75, 3.05) is 14.2 Å². The first-order valence-corrected chi connectivity index (χ1v) is 6.21. The molecule has 0 aromatic heterocycles. The molecule has 0 spiro atoms. The highest BCUT2D eigenvalue weighted by Gasteiger charge is 2.32. The van der Waals surface area contributed by atoms with E-state index < -0.39 is 0 Å². The van der Waals surface area contributed by atoms with Crippen molar-refractivity contribution >= 4 is 0 Å². The highest BCUT2D eigenvalue weighted by Crippen LogP contribution is 2.40. The standard InChI is InChI=1S/C14H21NO2/c1-16-11-6-7-12(13(10-11)17-2)14(15)8-4-3-5-9-14/h6-7,10H,3-5,8-9,15H2,1-2H3. The van der Waals surface area contributed by atoms with Gasteiger partial charge < -0.3 is 15.2 Å². The minimum Gasteiger partial charge on any atom is -0.497 e. The Balaban J connectivity index is 2.36. The van der Waals surface area contributed by atoms with Crippen LogP contribution >= 0.6 is 0 Å². The largest absolute Gasteiger partial charge is 0.497 e. The van der Waals surface area contributed by atoms with E-state index in [9.17, 15) is 0 Å². The van der Waals surface area contributed by atoms with Crippen LogP contribution in [0.1, 0.15) is 37.7 Å². The summed E-state index contributed by atoms with van der Waals surface area (Å²) in [5, 5.41) is 0. The third kappa shape index (κ3) is 2.39. The summed E-state index contributed by atoms with van der Waals surface area (Å²) < 4.78 is 10.7. The van der Waals surface area contributed by atoms with Crippen molar-refractivity contribution in [1.29, 1.82) is 0 Å². The summed E-state index contributed by atoms with van der Waals surface area (Å²) in [6, 6.07) is 5.92. The first-order valence-electron chi connectivity index (χ1n) is 6.21. The number of methoxy groups -OCH3 is 2. The van der Waals surface area contributed by atoms with Crippen LogP contribution in [0.5, 0.6) is 11.5 Å². The molecule has 2 N–H and O–H groups in total. The summed E-state index contributed by atoms with van der Waals surface area (Å²) in [5.41, 5.74) is 7.41. The molecule has 0 amide bonds. The first kappa shape index (κ1) is 12.2. The second-order valence-electron chi connectivity index (χ2n) is 4.78. The Kier molecular flexibility index (Phi) is 3.57. The van der Waals surface area contributed by atoms with Gasteiger partial charge in [-0.2, -0.15) is 0 Å². The number of ether oxygens (including phenoxy) is 2. The number of nitrogens with two attached hydrogens (primary N) is 1. The van der Waals surface area contributed by atoms with E-state index in [1.807, 2.05) is 18.2 Å². The third-order valence-electron chi connectivity index (χ3n) is 3.69. The van der Waals surface area contributed by atoms with Crippen molar-refractivity contribution < 1.29 is 9.47 Å². The molecule has 1 aromatic rings. The molecule has 0 atom stereocenters. The Hall–Kier alpha value is -1.22. The van der Waals surface area contributed by atoms with Crippen molar-refractivity contribution in [2.45, 2.75) is 37.6 Å². The zero-order valence-electron chi connectivity index (χ0n) is 10.7. The van der Waals surface area contributed by atoms with Crippen LogP contribution in [-0.4, -0.2) is 14.2 Å². The second-order valence-corrected chi connectivity index (χ2v) is 4.78. The normalized spacial score (nSPS) is 18.8. The van der Waals surface area contributed by atoms with Gasteiger partial charge in [0.05, 0.1) is 14.2 Å². The van der Waals surface area contributed by atoms with Gasteiger partial charge in [-0.05, 0) is 25.0 Å². The molecule has 94 valence electrons. The Morgan fingerprint density at radius 2 is 1.76 bits per heavy atom. The Bertz CT molecular complexity index is 384. The number of hydrogen-bond acceptors (Lipinski definition) is 3. The lowest BCUT2D eigenvalue weighted by atomic mass is 9.77. The molecule has 0 heterocycles. The van der Waals surface area contributed by atoms with Gasteiger partial charge in [0, 0.05) is 17.2 Å². The van der Waals surface area contributed by atoms with Gasteiger partial charge in [-0.25, -0.2) is 0 Å². The van der Waals surface area contributed by atoms with Crippen LogP contribution in [0.15, 0.2) is 18.2 Å². The average molecular weight is 235 g/mol. The fourth-order valence-electron chi connectivity index (χ4n) is 2.66. The molecule has 3 heteroatoms. The lowest BCUT2D eigenvalue weighted by molar-refractivity contribution is 0.288. The van der Waals surface area contributed by atoms with Crippen molar-refractivity contribution in [3.8, 4) is 11.5 Å². The number of benzene rings is 1. The van der Waals surface area contributed by atoms with Gasteiger partial charge in [0.1, 0.15) is 11.5 Å². The van der Waals surface area contributed by atoms with Gasteiger partial charge in [0.15, 0.2) is 0 Å². The lowest BCUT2D eigenvalue weighted by Gasteiger charge is -2.35. The maximum atomic E-state index is 6.53. The van der Waals surface area contributed by atoms with E-state index in [-0.39, 0.29) is 5.54 Å². The van der Waals surface area contributed by atoms with E-state index >= 15 is 0 Å². The highest BCUT2D eigenvalue weighted by atomic mass is 16.5. The number of rotatable bonds is 3. The third-order valence-corrected chi connectivity index (χ3v) is 3.69. The Labute approximate surface area is 103 Å². The van der Waals surface area contributed by atoms with Crippen LogP contribution in [0.2, 0.25) is 0 Å². The molecular weight excluding hydrogens is 214 g/mol. The summed E-state index contributed by atoms with van der Waals surface area (Å²) in [6.45, 7) is 0. The van der Waals surface area contributed by atoms with Gasteiger partial charge in [-0.3, -0.25) is 0 Å². The SMILES string of the molecule is COc1ccc(C2(N)CCCCC2)c(OC)c1. The summed E-state index contributed by atoms with van der Waals surface area (Å²) >= 11 is 0. The molecule has 1 fully saturated rings. The predicted molar refractivity (Wildman–Crippen MR) is 68.5 cm³/mol. The van der Waals surface area contributed by atoms with Crippen molar-refractivity contribution in [3.63, 3.8) is 0 Å². The minimum atomic E-state index is -0.226. The topological polar surface area (TPSA) is 44.5 Å². The summed E-state index contributed by atoms with van der Waals surface area (Å²) in [6.07, 6.45) is 5.76. The molecule has 0 aliphatic heterocycles. The zero-order valence-corrected chi connectivity index (χ0v) is 10.7. The Morgan fingerprint density at radius 3 is 2.35 bits per heavy atom. The molecule has 1 aliphatic rings. The lowest BCUT2D eigenvalue weighted by Crippen LogP contribution is -2.38. The fourth-order valence-corrected chi connectivity index (χ4v) is 2.66. The van der Waals surface area contributed by atoms with Crippen LogP contribution < -0.4 is 15.2 Å². The van der Waals surface area contributed by atoms with Gasteiger partial charge >= 0.3 is 0 Å². The van der Waals surface area contributed by atoms with E-state index in [1.165, 1.54) is 19.3 Å². The van der Waals surface area contributed by atoms with Gasteiger partial charge in [0.2, 0.25) is 0 Å². The molecule has 17 heavy (non-hydrogen) atoms. The van der Waals surface area contributed by atoms with Crippen molar-refractivity contribution in [2.24, 2.45) is 5.73 Å². The van der Waals surface area contributed by atoms with Crippen molar-refractivity contribution in [1.82, 2.24) is 0 Å². The van der Waals surface area contributed by atoms with E-state index in [0.29, 0.717) is 0 Å². The smallest absolute Gasteiger partial charge is 0.127 e. The molecular formula is C14H21NO2. The van der Waals surface area contributed by atoms with E-state index in [2.05, 4.69) is 0 Å². The van der Waals surface area contributed by atoms with E-state index in [4.69, 9.17) is 15.2 Å². The molecule has 0 saturated heterocycles. The average Bonchev–Trinajstić information content (AvgIpc) is 2.38. The molecule has 3 nitrogen and oxygen atoms in total. The van der Waals surface area contributed by atoms with Crippen molar-refractivity contribution in [3.05, 3.63) is 23.8 Å². The van der Waals surface area contributed by atoms with Crippen LogP contribution in [0.3, 0.4) is 0 Å². The fraction of sp³-hybridized carbons (Fsp3) is 0.571. The van der Waals surface area contributed by atoms with Gasteiger partial charge in [0.25, 0.3) is 0 Å². The number of hydrogen-bond donors (Lipinski definition) is 1. The highest BCUT2D eigenvalue weighted by molar-refractivity contribution is 5.44. The van der Waals surface area contributed by atoms with Gasteiger partial charge in [-0.1, -0.05) is 19.3 Å². The van der Waals surface area contributed by atoms with Crippen LogP contribution in [-0.2, 0) is 5.54 Å². The molecule has 2 rings (SSSR count). The predicted octanol–water partition coefficient (Wildman–Crippen LogP) is 2.82. The maximum Gasteiger partial charge on any atom is 0.127 e. The van der Waals surface area contributed by atoms with E-state index in [0.717, 1.165) is 29.9 Å². The first-order chi connectivity index (χ1) is 8.19. The molecule has 1 aromatic carbocycles. The summed E-state index contributed by atoms with van der Waals surface area (Å²) in [7, 11) is 3.34. The molecule has 0 bridgehead atoms. The second kappa shape index (κ2) is 4.96. The maximum absolute atomic E-state index is 6.53. The summed E-state index contributed by atoms with van der Waals surface area (Å²) in [5.74, 6) is 1.65. The van der Waals surface area contributed by atoms with E-state index in [1.54, 1.807) is 14.2 Å². The van der Waals surface area contributed by atoms with Crippen LogP contribution in [0.25, 0.3) is 0 Å². The molecule has 1 aliphatic carbocycles. The van der Waals surface area contributed by atoms with Crippen LogP contribution in [0, 0.1) is 0 Å². The summed E-state index contributed by atoms with van der Waals surface area (Å²) in [4.78, 5) is 0. The zero-order chi connectivity index (χ0) is 12.3. The van der Waals surface area contributed by atoms with Crippen LogP contribution in [0.4, 0.5) is 0 Å². The molecule has 0 unspecified atom stereocenters. The molecule has 1 saturated carbocycles. The quantitative estimate of drug-likeness (QED) is 0.876. The monoisotopic (exact) mass is 235 g/mol. The van der Waals surface area contributed by atoms with Gasteiger partial charge in [-0.15, -0.1) is 0 Å².